The molecule has 0 aromatic carbocycles. The molecular formula is C10H15BrO2. The van der Waals surface area contributed by atoms with E-state index < -0.39 is 5.60 Å². The Kier molecular flexibility index (Phi) is 3.19. The monoisotopic (exact) mass is 246 g/mol. The van der Waals surface area contributed by atoms with Crippen molar-refractivity contribution in [3.63, 3.8) is 0 Å². The molecule has 1 unspecified atom stereocenters. The van der Waals surface area contributed by atoms with Gasteiger partial charge in [-0.1, -0.05) is 20.8 Å². The van der Waals surface area contributed by atoms with Crippen LogP contribution in [-0.4, -0.2) is 5.11 Å². The summed E-state index contributed by atoms with van der Waals surface area (Å²) in [5.74, 6) is 0.768. The van der Waals surface area contributed by atoms with Crippen molar-refractivity contribution in [3.05, 3.63) is 22.6 Å². The second-order valence-electron chi connectivity index (χ2n) is 3.53. The van der Waals surface area contributed by atoms with Gasteiger partial charge in [-0.3, -0.25) is 0 Å². The molecule has 13 heavy (non-hydrogen) atoms. The fourth-order valence-electron chi connectivity index (χ4n) is 1.43. The van der Waals surface area contributed by atoms with Gasteiger partial charge >= 0.3 is 0 Å². The van der Waals surface area contributed by atoms with E-state index in [1.807, 2.05) is 20.8 Å². The largest absolute Gasteiger partial charge is 0.465 e. The van der Waals surface area contributed by atoms with E-state index in [1.54, 1.807) is 12.3 Å². The highest BCUT2D eigenvalue weighted by molar-refractivity contribution is 9.10. The lowest BCUT2D eigenvalue weighted by Gasteiger charge is -2.29. The molecule has 1 aromatic rings. The predicted octanol–water partition coefficient (Wildman–Crippen LogP) is 3.30. The van der Waals surface area contributed by atoms with Crippen LogP contribution in [0, 0.1) is 5.92 Å². The molecule has 0 aliphatic heterocycles. The minimum atomic E-state index is -0.859. The van der Waals surface area contributed by atoms with Crippen LogP contribution in [0.3, 0.4) is 0 Å². The third-order valence-electron chi connectivity index (χ3n) is 2.50. The zero-order valence-electron chi connectivity index (χ0n) is 8.17. The lowest BCUT2D eigenvalue weighted by atomic mass is 9.85. The van der Waals surface area contributed by atoms with E-state index in [0.717, 1.165) is 4.47 Å². The molecule has 2 nitrogen and oxygen atoms in total. The van der Waals surface area contributed by atoms with Gasteiger partial charge in [-0.15, -0.1) is 0 Å². The van der Waals surface area contributed by atoms with Crippen molar-refractivity contribution in [2.24, 2.45) is 5.92 Å². The smallest absolute Gasteiger partial charge is 0.149 e. The van der Waals surface area contributed by atoms with E-state index in [4.69, 9.17) is 4.42 Å². The molecule has 1 heterocycles. The van der Waals surface area contributed by atoms with Gasteiger partial charge in [-0.25, -0.2) is 0 Å². The summed E-state index contributed by atoms with van der Waals surface area (Å²) in [6.07, 6.45) is 2.24. The number of rotatable bonds is 3. The number of furan rings is 1. The van der Waals surface area contributed by atoms with Crippen molar-refractivity contribution >= 4 is 15.9 Å². The summed E-state index contributed by atoms with van der Waals surface area (Å²) in [7, 11) is 0. The first-order valence-corrected chi connectivity index (χ1v) is 5.27. The van der Waals surface area contributed by atoms with Crippen molar-refractivity contribution in [3.8, 4) is 0 Å². The second-order valence-corrected chi connectivity index (χ2v) is 4.38. The van der Waals surface area contributed by atoms with E-state index in [1.165, 1.54) is 0 Å². The van der Waals surface area contributed by atoms with Crippen LogP contribution in [0.15, 0.2) is 21.2 Å². The van der Waals surface area contributed by atoms with Crippen LogP contribution in [0.4, 0.5) is 0 Å². The summed E-state index contributed by atoms with van der Waals surface area (Å²) in [5.41, 5.74) is -0.859. The van der Waals surface area contributed by atoms with Gasteiger partial charge in [-0.05, 0) is 34.3 Å². The minimum absolute atomic E-state index is 0.139. The Morgan fingerprint density at radius 3 is 2.54 bits per heavy atom. The summed E-state index contributed by atoms with van der Waals surface area (Å²) in [5, 5.41) is 10.3. The molecule has 0 fully saturated rings. The Morgan fingerprint density at radius 2 is 2.23 bits per heavy atom. The molecule has 3 heteroatoms. The zero-order chi connectivity index (χ0) is 10.1. The van der Waals surface area contributed by atoms with Crippen LogP contribution in [0.1, 0.15) is 33.0 Å². The Bertz CT molecular complexity index is 280. The van der Waals surface area contributed by atoms with Crippen LogP contribution in [0.2, 0.25) is 0 Å². The summed E-state index contributed by atoms with van der Waals surface area (Å²) < 4.78 is 6.12. The van der Waals surface area contributed by atoms with E-state index in [2.05, 4.69) is 15.9 Å². The van der Waals surface area contributed by atoms with Crippen LogP contribution < -0.4 is 0 Å². The van der Waals surface area contributed by atoms with Crippen molar-refractivity contribution in [1.29, 1.82) is 0 Å². The molecule has 0 bridgehead atoms. The Labute approximate surface area is 87.1 Å². The Balaban J connectivity index is 3.10. The topological polar surface area (TPSA) is 33.4 Å². The highest BCUT2D eigenvalue weighted by atomic mass is 79.9. The van der Waals surface area contributed by atoms with Crippen LogP contribution >= 0.6 is 15.9 Å². The first-order chi connectivity index (χ1) is 6.02. The molecule has 0 aliphatic carbocycles. The number of hydrogen-bond acceptors (Lipinski definition) is 2. The third kappa shape index (κ3) is 1.81. The maximum Gasteiger partial charge on any atom is 0.149 e. The van der Waals surface area contributed by atoms with Gasteiger partial charge in [-0.2, -0.15) is 0 Å². The number of halogens is 1. The normalized spacial score (nSPS) is 16.2. The summed E-state index contributed by atoms with van der Waals surface area (Å²) >= 11 is 3.36. The standard InChI is InChI=1S/C10H15BrO2/c1-4-10(12,7(2)3)9-8(11)5-6-13-9/h5-7,12H,4H2,1-3H3. The molecule has 1 rings (SSSR count). The van der Waals surface area contributed by atoms with Gasteiger partial charge in [0.25, 0.3) is 0 Å². The summed E-state index contributed by atoms with van der Waals surface area (Å²) in [4.78, 5) is 0. The van der Waals surface area contributed by atoms with E-state index in [9.17, 15) is 5.11 Å². The molecule has 0 aliphatic rings. The van der Waals surface area contributed by atoms with Crippen LogP contribution in [0.5, 0.6) is 0 Å². The van der Waals surface area contributed by atoms with E-state index in [-0.39, 0.29) is 5.92 Å². The molecule has 74 valence electrons. The van der Waals surface area contributed by atoms with Crippen molar-refractivity contribution in [1.82, 2.24) is 0 Å². The summed E-state index contributed by atoms with van der Waals surface area (Å²) in [6.45, 7) is 5.92. The second kappa shape index (κ2) is 3.84. The molecule has 0 saturated heterocycles. The van der Waals surface area contributed by atoms with Crippen molar-refractivity contribution < 1.29 is 9.52 Å². The van der Waals surface area contributed by atoms with Gasteiger partial charge in [0.15, 0.2) is 0 Å². The van der Waals surface area contributed by atoms with E-state index >= 15 is 0 Å². The van der Waals surface area contributed by atoms with Gasteiger partial charge in [0.2, 0.25) is 0 Å². The first kappa shape index (κ1) is 10.8. The highest BCUT2D eigenvalue weighted by Gasteiger charge is 2.35. The maximum absolute atomic E-state index is 10.3. The molecule has 1 N–H and O–H groups in total. The third-order valence-corrected chi connectivity index (χ3v) is 3.13. The fourth-order valence-corrected chi connectivity index (χ4v) is 1.98. The van der Waals surface area contributed by atoms with Gasteiger partial charge in [0.1, 0.15) is 11.4 Å². The molecule has 0 radical (unpaired) electrons. The SMILES string of the molecule is CCC(O)(c1occc1Br)C(C)C. The minimum Gasteiger partial charge on any atom is -0.465 e. The average molecular weight is 247 g/mol. The van der Waals surface area contributed by atoms with E-state index in [0.29, 0.717) is 12.2 Å². The Hall–Kier alpha value is -0.280. The van der Waals surface area contributed by atoms with Crippen molar-refractivity contribution in [2.75, 3.05) is 0 Å². The highest BCUT2D eigenvalue weighted by Crippen LogP contribution is 2.37. The number of hydrogen-bond donors (Lipinski definition) is 1. The molecular weight excluding hydrogens is 232 g/mol. The predicted molar refractivity (Wildman–Crippen MR) is 55.4 cm³/mol. The van der Waals surface area contributed by atoms with Crippen molar-refractivity contribution in [2.45, 2.75) is 32.8 Å². The maximum atomic E-state index is 10.3. The van der Waals surface area contributed by atoms with Gasteiger partial charge in [0.05, 0.1) is 10.7 Å². The average Bonchev–Trinajstić information content (AvgIpc) is 2.50. The van der Waals surface area contributed by atoms with Crippen LogP contribution in [0.25, 0.3) is 0 Å². The number of aliphatic hydroxyl groups is 1. The zero-order valence-corrected chi connectivity index (χ0v) is 9.76. The quantitative estimate of drug-likeness (QED) is 0.888. The lowest BCUT2D eigenvalue weighted by Crippen LogP contribution is -2.30. The summed E-state index contributed by atoms with van der Waals surface area (Å²) in [6, 6.07) is 1.80. The molecule has 0 spiro atoms. The molecule has 0 saturated carbocycles. The molecule has 1 aromatic heterocycles. The van der Waals surface area contributed by atoms with Gasteiger partial charge < -0.3 is 9.52 Å². The molecule has 1 atom stereocenters. The first-order valence-electron chi connectivity index (χ1n) is 4.48. The fraction of sp³-hybridized carbons (Fsp3) is 0.600. The van der Waals surface area contributed by atoms with Crippen LogP contribution in [-0.2, 0) is 5.60 Å². The lowest BCUT2D eigenvalue weighted by molar-refractivity contribution is -0.0338. The van der Waals surface area contributed by atoms with Gasteiger partial charge in [0, 0.05) is 0 Å². The Morgan fingerprint density at radius 1 is 1.62 bits per heavy atom. The molecule has 0 amide bonds.